The van der Waals surface area contributed by atoms with Crippen LogP contribution in [0, 0.1) is 50.3 Å². The quantitative estimate of drug-likeness (QED) is 0.0493. The Labute approximate surface area is 572 Å². The fourth-order valence-corrected chi connectivity index (χ4v) is 13.4. The van der Waals surface area contributed by atoms with Crippen molar-refractivity contribution < 1.29 is 42.0 Å². The number of aliphatic hydroxyl groups excluding tert-OH is 2. The van der Waals surface area contributed by atoms with E-state index in [1.165, 1.54) is 29.8 Å². The fraction of sp³-hybridized carbons (Fsp3) is 0.267. The number of fused-ring (bicyclic) bond motifs is 6. The van der Waals surface area contributed by atoms with Crippen molar-refractivity contribution in [1.82, 2.24) is 57.9 Å². The second-order valence-corrected chi connectivity index (χ2v) is 25.2. The first-order valence-electron chi connectivity index (χ1n) is 32.7. The summed E-state index contributed by atoms with van der Waals surface area (Å²) in [5.41, 5.74) is 14.9. The number of aryl methyl sites for hydroxylation is 3. The number of aliphatic hydroxyl groups is 2. The molecule has 25 heteroatoms. The lowest BCUT2D eigenvalue weighted by Crippen LogP contribution is -2.49. The Morgan fingerprint density at radius 2 is 1.12 bits per heavy atom. The molecule has 0 aliphatic carbocycles. The van der Waals surface area contributed by atoms with Gasteiger partial charge in [-0.1, -0.05) is 59.5 Å². The maximum absolute atomic E-state index is 15.0. The first-order chi connectivity index (χ1) is 48.6. The minimum absolute atomic E-state index is 0.184. The molecule has 12 aromatic rings. The van der Waals surface area contributed by atoms with Crippen LogP contribution >= 0.6 is 0 Å². The molecule has 0 spiro atoms. The molecule has 4 N–H and O–H groups in total. The van der Waals surface area contributed by atoms with Crippen LogP contribution in [0.15, 0.2) is 128 Å². The van der Waals surface area contributed by atoms with Gasteiger partial charge in [0.25, 0.3) is 11.6 Å². The van der Waals surface area contributed by atoms with Gasteiger partial charge in [0, 0.05) is 153 Å². The van der Waals surface area contributed by atoms with E-state index in [-0.39, 0.29) is 54.2 Å². The number of β-amino-alcohol motifs (C(OH)–C–C–N with tert-alkyl or cyclic N) is 1. The maximum atomic E-state index is 15.0. The molecule has 0 unspecified atom stereocenters. The lowest BCUT2D eigenvalue weighted by molar-refractivity contribution is -0.00286. The summed E-state index contributed by atoms with van der Waals surface area (Å²) in [5, 5.41) is 25.6. The topological polar surface area (TPSA) is 211 Å². The van der Waals surface area contributed by atoms with Crippen molar-refractivity contribution in [3.05, 3.63) is 242 Å². The smallest absolute Gasteiger partial charge is 0.288 e. The van der Waals surface area contributed by atoms with Crippen LogP contribution in [0.5, 0.6) is 17.2 Å². The zero-order chi connectivity index (χ0) is 69.3. The van der Waals surface area contributed by atoms with E-state index < -0.39 is 0 Å². The molecular weight excluding hydrogens is 1280 g/mol. The van der Waals surface area contributed by atoms with Gasteiger partial charge in [-0.2, -0.15) is 0 Å². The summed E-state index contributed by atoms with van der Waals surface area (Å²) in [5.74, 6) is 3.23. The SMILES string of the molecule is Cc1cn2c(NCc3c(F)ccc4c3CCO4)ncc(-c3ccc(CN4CC(O)C4)cc3)c2n1.[C-]#[N+]c1cn2c(CCc3c(F)ccc4c3CCO4)ncc(-c3cccnc3CO)c2n1.[C-]#[N+]c1cn2c(NCc3c(F)ccc4c3CCO4)ncc(-c3cc(C)c(CN(C)C)c(F)c3)c2n1. The first kappa shape index (κ1) is 65.9. The lowest BCUT2D eigenvalue weighted by Gasteiger charge is -2.35. The zero-order valence-electron chi connectivity index (χ0n) is 55.2. The molecule has 0 bridgehead atoms. The van der Waals surface area contributed by atoms with E-state index in [2.05, 4.69) is 79.4 Å². The summed E-state index contributed by atoms with van der Waals surface area (Å²) in [6.45, 7) is 23.4. The molecule has 100 heavy (non-hydrogen) atoms. The number of aromatic nitrogens is 10. The van der Waals surface area contributed by atoms with Crippen molar-refractivity contribution >= 4 is 40.5 Å². The third-order valence-electron chi connectivity index (χ3n) is 18.3. The number of hydrogen-bond acceptors (Lipinski definition) is 16. The highest BCUT2D eigenvalue weighted by Gasteiger charge is 2.28. The molecule has 0 atom stereocenters. The summed E-state index contributed by atoms with van der Waals surface area (Å²) in [6, 6.07) is 24.7. The van der Waals surface area contributed by atoms with Gasteiger partial charge < -0.3 is 49.6 Å². The van der Waals surface area contributed by atoms with Crippen LogP contribution in [-0.4, -0.2) is 121 Å². The minimum atomic E-state index is -0.314. The third kappa shape index (κ3) is 13.3. The lowest BCUT2D eigenvalue weighted by atomic mass is 10.00. The summed E-state index contributed by atoms with van der Waals surface area (Å²) < 4.78 is 80.7. The highest BCUT2D eigenvalue weighted by Crippen LogP contribution is 2.37. The standard InChI is InChI=1S/C26H24F2N6O.C26H26FN5O2.C23H18FN5O2/c1-15-9-16(10-22(28)20(15)13-33(3)4)18-11-30-26(34-14-24(29-2)32-25(18)34)31-12-19-17-7-8-35-23(17)6-5-21(19)27;1-16-12-32-25(30-16)21(18-4-2-17(3-5-18)13-31-14-19(33)15-31)10-28-26(32)29-11-22-20-8-9-34-24(20)7-6-23(22)27;1-25-21-12-29-22(7-4-14-16-8-10-31-20(16)6-5-18(14)24)27-11-17(23(29)28-21)15-3-2-9-26-19(15)13-30/h5-6,9-11,14H,7-8,12-13H2,1,3-4H3,(H,30,31);2-7,10,12,19,33H,8-9,11,13-15H2,1H3,(H,28,29);2-3,5-6,9,11-12,30H,4,7-8,10,13H2. The van der Waals surface area contributed by atoms with Crippen molar-refractivity contribution in [1.29, 1.82) is 0 Å². The van der Waals surface area contributed by atoms with Crippen LogP contribution < -0.4 is 24.8 Å². The Hall–Kier alpha value is -11.4. The molecule has 4 aliphatic heterocycles. The Balaban J connectivity index is 0.000000128. The van der Waals surface area contributed by atoms with E-state index in [0.717, 1.165) is 75.9 Å². The van der Waals surface area contributed by atoms with E-state index in [4.69, 9.17) is 32.3 Å². The second kappa shape index (κ2) is 28.2. The average Bonchev–Trinajstić information content (AvgIpc) is 1.55. The van der Waals surface area contributed by atoms with Crippen molar-refractivity contribution in [3.8, 4) is 50.6 Å². The van der Waals surface area contributed by atoms with Crippen LogP contribution in [0.3, 0.4) is 0 Å². The van der Waals surface area contributed by atoms with Gasteiger partial charge in [-0.05, 0) is 111 Å². The van der Waals surface area contributed by atoms with E-state index in [0.29, 0.717) is 150 Å². The molecule has 16 rings (SSSR count). The monoisotopic (exact) mass is 1350 g/mol. The molecule has 1 fully saturated rings. The number of anilines is 2. The highest BCUT2D eigenvalue weighted by molar-refractivity contribution is 5.82. The normalized spacial score (nSPS) is 13.7. The number of benzene rings is 5. The number of likely N-dealkylation sites (tertiary alicyclic amines) is 1. The molecule has 0 amide bonds. The highest BCUT2D eigenvalue weighted by atomic mass is 19.1. The molecular formula is C75H68F4N16O5. The Kier molecular flexibility index (Phi) is 18.6. The van der Waals surface area contributed by atoms with Gasteiger partial charge in [-0.15, -0.1) is 0 Å². The van der Waals surface area contributed by atoms with Gasteiger partial charge in [-0.25, -0.2) is 37.5 Å². The van der Waals surface area contributed by atoms with E-state index in [1.807, 2.05) is 61.8 Å². The predicted molar refractivity (Wildman–Crippen MR) is 368 cm³/mol. The fourth-order valence-electron chi connectivity index (χ4n) is 13.4. The Bertz CT molecular complexity index is 5190. The third-order valence-corrected chi connectivity index (χ3v) is 18.3. The number of pyridine rings is 1. The van der Waals surface area contributed by atoms with Gasteiger partial charge in [0.1, 0.15) is 52.0 Å². The van der Waals surface area contributed by atoms with Crippen molar-refractivity contribution in [2.45, 2.75) is 84.8 Å². The number of hydrogen-bond donors (Lipinski definition) is 4. The van der Waals surface area contributed by atoms with Gasteiger partial charge in [0.05, 0.1) is 55.0 Å². The molecule has 11 heterocycles. The van der Waals surface area contributed by atoms with Gasteiger partial charge >= 0.3 is 0 Å². The zero-order valence-corrected chi connectivity index (χ0v) is 55.2. The van der Waals surface area contributed by atoms with Crippen LogP contribution in [-0.2, 0) is 64.9 Å². The van der Waals surface area contributed by atoms with E-state index in [1.54, 1.807) is 64.1 Å². The number of halogens is 4. The summed E-state index contributed by atoms with van der Waals surface area (Å²) in [6.07, 6.45) is 14.6. The summed E-state index contributed by atoms with van der Waals surface area (Å²) >= 11 is 0. The molecule has 4 aliphatic rings. The second-order valence-electron chi connectivity index (χ2n) is 25.2. The van der Waals surface area contributed by atoms with Crippen LogP contribution in [0.2, 0.25) is 0 Å². The number of imidazole rings is 3. The van der Waals surface area contributed by atoms with Crippen LogP contribution in [0.1, 0.15) is 67.3 Å². The number of nitrogens with one attached hydrogen (secondary N) is 2. The predicted octanol–water partition coefficient (Wildman–Crippen LogP) is 12.4. The maximum Gasteiger partial charge on any atom is 0.288 e. The van der Waals surface area contributed by atoms with Crippen molar-refractivity contribution in [2.75, 3.05) is 57.6 Å². The molecule has 5 aromatic carbocycles. The average molecular weight is 1350 g/mol. The van der Waals surface area contributed by atoms with Crippen molar-refractivity contribution in [3.63, 3.8) is 0 Å². The van der Waals surface area contributed by atoms with Crippen LogP contribution in [0.25, 0.3) is 60.0 Å². The number of nitrogens with zero attached hydrogens (tertiary/aromatic N) is 14. The van der Waals surface area contributed by atoms with E-state index in [9.17, 15) is 27.8 Å². The molecule has 0 saturated carbocycles. The van der Waals surface area contributed by atoms with E-state index >= 15 is 0 Å². The van der Waals surface area contributed by atoms with Gasteiger partial charge in [0.2, 0.25) is 23.2 Å². The number of ether oxygens (including phenoxy) is 3. The first-order valence-corrected chi connectivity index (χ1v) is 32.7. The van der Waals surface area contributed by atoms with Gasteiger partial charge in [0.15, 0.2) is 0 Å². The molecule has 7 aromatic heterocycles. The van der Waals surface area contributed by atoms with Gasteiger partial charge in [-0.3, -0.25) is 23.1 Å². The molecule has 0 radical (unpaired) electrons. The molecule has 1 saturated heterocycles. The van der Waals surface area contributed by atoms with Crippen LogP contribution in [0.4, 0.5) is 41.1 Å². The largest absolute Gasteiger partial charge is 0.493 e. The number of rotatable bonds is 17. The Morgan fingerprint density at radius 3 is 1.69 bits per heavy atom. The van der Waals surface area contributed by atoms with Crippen molar-refractivity contribution in [2.24, 2.45) is 0 Å². The molecule has 506 valence electrons. The minimum Gasteiger partial charge on any atom is -0.493 e. The molecule has 21 nitrogen and oxygen atoms in total. The summed E-state index contributed by atoms with van der Waals surface area (Å²) in [4.78, 5) is 42.6. The Morgan fingerprint density at radius 1 is 0.580 bits per heavy atom. The summed E-state index contributed by atoms with van der Waals surface area (Å²) in [7, 11) is 3.79.